The monoisotopic (exact) mass is 244 g/mol. The molecule has 18 heavy (non-hydrogen) atoms. The predicted molar refractivity (Wildman–Crippen MR) is 69.7 cm³/mol. The number of carbonyl (C=O) groups is 1. The molecule has 0 aliphatic carbocycles. The number of benzene rings is 2. The van der Waals surface area contributed by atoms with E-state index in [-0.39, 0.29) is 6.61 Å². The molecular weight excluding hydrogens is 231 g/mol. The number of fused-ring (bicyclic) bond motifs is 1. The van der Waals surface area contributed by atoms with Gasteiger partial charge in [-0.05, 0) is 23.8 Å². The van der Waals surface area contributed by atoms with Crippen molar-refractivity contribution in [1.82, 2.24) is 0 Å². The molecule has 0 radical (unpaired) electrons. The Kier molecular flexibility index (Phi) is 3.72. The van der Waals surface area contributed by atoms with E-state index in [1.165, 1.54) is 0 Å². The van der Waals surface area contributed by atoms with Crippen molar-refractivity contribution in [2.45, 2.75) is 6.92 Å². The third kappa shape index (κ3) is 2.74. The number of esters is 1. The van der Waals surface area contributed by atoms with E-state index in [9.17, 15) is 9.18 Å². The molecular formula is C15H13FO2. The molecule has 0 aliphatic rings. The number of halogens is 1. The van der Waals surface area contributed by atoms with Crippen LogP contribution in [0.4, 0.5) is 4.39 Å². The third-order valence-electron chi connectivity index (χ3n) is 2.56. The third-order valence-corrected chi connectivity index (χ3v) is 2.56. The largest absolute Gasteiger partial charge is 0.463 e. The maximum atomic E-state index is 13.8. The summed E-state index contributed by atoms with van der Waals surface area (Å²) in [6, 6.07) is 12.8. The maximum Gasteiger partial charge on any atom is 0.333 e. The summed E-state index contributed by atoms with van der Waals surface area (Å²) in [5, 5.41) is 1.97. The molecule has 2 nitrogen and oxygen atoms in total. The SMILES string of the molecule is CCOC(=O)/C=C(/F)c1ccc2ccccc2c1. The van der Waals surface area contributed by atoms with Gasteiger partial charge in [-0.2, -0.15) is 0 Å². The lowest BCUT2D eigenvalue weighted by molar-refractivity contribution is -0.137. The highest BCUT2D eigenvalue weighted by Crippen LogP contribution is 2.22. The molecule has 0 amide bonds. The van der Waals surface area contributed by atoms with Crippen molar-refractivity contribution in [3.05, 3.63) is 54.1 Å². The van der Waals surface area contributed by atoms with Crippen LogP contribution in [0.3, 0.4) is 0 Å². The van der Waals surface area contributed by atoms with Crippen molar-refractivity contribution in [1.29, 1.82) is 0 Å². The highest BCUT2D eigenvalue weighted by molar-refractivity contribution is 5.92. The van der Waals surface area contributed by atoms with Crippen molar-refractivity contribution in [2.75, 3.05) is 6.61 Å². The van der Waals surface area contributed by atoms with Gasteiger partial charge in [0.15, 0.2) is 0 Å². The van der Waals surface area contributed by atoms with E-state index < -0.39 is 11.8 Å². The van der Waals surface area contributed by atoms with Crippen LogP contribution in [-0.4, -0.2) is 12.6 Å². The topological polar surface area (TPSA) is 26.3 Å². The van der Waals surface area contributed by atoms with Crippen LogP contribution in [0, 0.1) is 0 Å². The van der Waals surface area contributed by atoms with Gasteiger partial charge in [0.1, 0.15) is 5.83 Å². The normalized spacial score (nSPS) is 11.6. The summed E-state index contributed by atoms with van der Waals surface area (Å²) in [5.74, 6) is -1.25. The molecule has 0 saturated heterocycles. The fourth-order valence-electron chi connectivity index (χ4n) is 1.71. The summed E-state index contributed by atoms with van der Waals surface area (Å²) >= 11 is 0. The summed E-state index contributed by atoms with van der Waals surface area (Å²) < 4.78 is 18.5. The second kappa shape index (κ2) is 5.45. The van der Waals surface area contributed by atoms with Crippen molar-refractivity contribution in [2.24, 2.45) is 0 Å². The first kappa shape index (κ1) is 12.3. The van der Waals surface area contributed by atoms with Gasteiger partial charge in [0.25, 0.3) is 0 Å². The molecule has 0 aliphatic heterocycles. The molecule has 0 heterocycles. The predicted octanol–water partition coefficient (Wildman–Crippen LogP) is 3.71. The van der Waals surface area contributed by atoms with Crippen LogP contribution < -0.4 is 0 Å². The smallest absolute Gasteiger partial charge is 0.333 e. The van der Waals surface area contributed by atoms with Gasteiger partial charge in [-0.1, -0.05) is 36.4 Å². The van der Waals surface area contributed by atoms with Crippen LogP contribution in [-0.2, 0) is 9.53 Å². The standard InChI is InChI=1S/C15H13FO2/c1-2-18-15(17)10-14(16)13-8-7-11-5-3-4-6-12(11)9-13/h3-10H,2H2,1H3/b14-10+. The number of ether oxygens (including phenoxy) is 1. The average Bonchev–Trinajstić information content (AvgIpc) is 2.38. The molecule has 0 atom stereocenters. The fourth-order valence-corrected chi connectivity index (χ4v) is 1.71. The Hall–Kier alpha value is -2.16. The first-order valence-corrected chi connectivity index (χ1v) is 5.74. The second-order valence-electron chi connectivity index (χ2n) is 3.81. The van der Waals surface area contributed by atoms with Crippen LogP contribution in [0.15, 0.2) is 48.5 Å². The van der Waals surface area contributed by atoms with Gasteiger partial charge >= 0.3 is 5.97 Å². The van der Waals surface area contributed by atoms with Crippen LogP contribution in [0.25, 0.3) is 16.6 Å². The van der Waals surface area contributed by atoms with Crippen molar-refractivity contribution in [3.8, 4) is 0 Å². The zero-order valence-electron chi connectivity index (χ0n) is 10.0. The molecule has 2 aromatic rings. The Bertz CT molecular complexity index is 602. The van der Waals surface area contributed by atoms with E-state index in [1.54, 1.807) is 19.1 Å². The molecule has 0 unspecified atom stereocenters. The first-order valence-electron chi connectivity index (χ1n) is 5.74. The summed E-state index contributed by atoms with van der Waals surface area (Å²) in [7, 11) is 0. The van der Waals surface area contributed by atoms with Gasteiger partial charge in [0, 0.05) is 5.56 Å². The molecule has 92 valence electrons. The number of rotatable bonds is 3. The van der Waals surface area contributed by atoms with E-state index in [2.05, 4.69) is 4.74 Å². The second-order valence-corrected chi connectivity index (χ2v) is 3.81. The minimum absolute atomic E-state index is 0.236. The van der Waals surface area contributed by atoms with Gasteiger partial charge in [0.05, 0.1) is 12.7 Å². The summed E-state index contributed by atoms with van der Waals surface area (Å²) in [6.07, 6.45) is 0.869. The minimum atomic E-state index is -0.664. The molecule has 0 aromatic heterocycles. The summed E-state index contributed by atoms with van der Waals surface area (Å²) in [5.41, 5.74) is 0.377. The zero-order valence-corrected chi connectivity index (χ0v) is 10.0. The number of hydrogen-bond donors (Lipinski definition) is 0. The zero-order chi connectivity index (χ0) is 13.0. The average molecular weight is 244 g/mol. The molecule has 0 saturated carbocycles. The first-order chi connectivity index (χ1) is 8.70. The molecule has 2 rings (SSSR count). The van der Waals surface area contributed by atoms with Gasteiger partial charge in [-0.3, -0.25) is 0 Å². The Labute approximate surface area is 105 Å². The molecule has 0 spiro atoms. The highest BCUT2D eigenvalue weighted by Gasteiger charge is 2.05. The Morgan fingerprint density at radius 1 is 1.22 bits per heavy atom. The molecule has 0 fully saturated rings. The molecule has 3 heteroatoms. The molecule has 0 N–H and O–H groups in total. The fraction of sp³-hybridized carbons (Fsp3) is 0.133. The lowest BCUT2D eigenvalue weighted by atomic mass is 10.1. The van der Waals surface area contributed by atoms with Crippen molar-refractivity contribution in [3.63, 3.8) is 0 Å². The lowest BCUT2D eigenvalue weighted by Gasteiger charge is -2.02. The Morgan fingerprint density at radius 3 is 2.67 bits per heavy atom. The van der Waals surface area contributed by atoms with Crippen LogP contribution in [0.2, 0.25) is 0 Å². The summed E-state index contributed by atoms with van der Waals surface area (Å²) in [6.45, 7) is 1.92. The van der Waals surface area contributed by atoms with Gasteiger partial charge < -0.3 is 4.74 Å². The van der Waals surface area contributed by atoms with Crippen LogP contribution >= 0.6 is 0 Å². The highest BCUT2D eigenvalue weighted by atomic mass is 19.1. The van der Waals surface area contributed by atoms with Gasteiger partial charge in [-0.25, -0.2) is 9.18 Å². The number of carbonyl (C=O) groups excluding carboxylic acids is 1. The minimum Gasteiger partial charge on any atom is -0.463 e. The molecule has 2 aromatic carbocycles. The van der Waals surface area contributed by atoms with Gasteiger partial charge in [-0.15, -0.1) is 0 Å². The quantitative estimate of drug-likeness (QED) is 0.607. The van der Waals surface area contributed by atoms with Crippen LogP contribution in [0.1, 0.15) is 12.5 Å². The van der Waals surface area contributed by atoms with E-state index >= 15 is 0 Å². The van der Waals surface area contributed by atoms with E-state index in [0.717, 1.165) is 16.8 Å². The summed E-state index contributed by atoms with van der Waals surface area (Å²) in [4.78, 5) is 11.2. The van der Waals surface area contributed by atoms with Crippen molar-refractivity contribution >= 4 is 22.6 Å². The van der Waals surface area contributed by atoms with Gasteiger partial charge in [0.2, 0.25) is 0 Å². The molecule has 0 bridgehead atoms. The van der Waals surface area contributed by atoms with E-state index in [1.807, 2.05) is 30.3 Å². The maximum absolute atomic E-state index is 13.8. The lowest BCUT2D eigenvalue weighted by Crippen LogP contribution is -1.99. The van der Waals surface area contributed by atoms with E-state index in [0.29, 0.717) is 5.56 Å². The Morgan fingerprint density at radius 2 is 1.94 bits per heavy atom. The van der Waals surface area contributed by atoms with Crippen LogP contribution in [0.5, 0.6) is 0 Å². The van der Waals surface area contributed by atoms with Crippen molar-refractivity contribution < 1.29 is 13.9 Å². The van der Waals surface area contributed by atoms with E-state index in [4.69, 9.17) is 0 Å². The Balaban J connectivity index is 2.33. The number of hydrogen-bond acceptors (Lipinski definition) is 2.